The van der Waals surface area contributed by atoms with E-state index >= 15 is 0 Å². The minimum absolute atomic E-state index is 0.00790. The number of nitrogens with zero attached hydrogens (tertiary/aromatic N) is 1. The molecule has 1 aliphatic heterocycles. The molecule has 1 fully saturated rings. The van der Waals surface area contributed by atoms with Crippen LogP contribution in [-0.4, -0.2) is 48.7 Å². The van der Waals surface area contributed by atoms with Crippen LogP contribution in [0.5, 0.6) is 0 Å². The van der Waals surface area contributed by atoms with Crippen molar-refractivity contribution in [2.45, 2.75) is 26.1 Å². The Kier molecular flexibility index (Phi) is 4.81. The highest BCUT2D eigenvalue weighted by Gasteiger charge is 2.26. The van der Waals surface area contributed by atoms with Crippen molar-refractivity contribution in [3.05, 3.63) is 48.0 Å². The van der Waals surface area contributed by atoms with Crippen molar-refractivity contribution in [2.75, 3.05) is 19.7 Å². The van der Waals surface area contributed by atoms with Crippen LogP contribution in [0, 0.1) is 0 Å². The van der Waals surface area contributed by atoms with Gasteiger partial charge in [-0.15, -0.1) is 0 Å². The zero-order valence-corrected chi connectivity index (χ0v) is 13.9. The Labute approximate surface area is 141 Å². The number of carbonyl (C=O) groups is 2. The van der Waals surface area contributed by atoms with Crippen molar-refractivity contribution < 1.29 is 19.1 Å². The first kappa shape index (κ1) is 16.5. The van der Waals surface area contributed by atoms with Gasteiger partial charge >= 0.3 is 5.97 Å². The number of morpholine rings is 1. The molecule has 0 unspecified atom stereocenters. The zero-order valence-electron chi connectivity index (χ0n) is 13.9. The number of ether oxygens (including phenoxy) is 2. The Morgan fingerprint density at radius 1 is 1.08 bits per heavy atom. The molecule has 2 aromatic carbocycles. The molecule has 1 heterocycles. The Balaban J connectivity index is 1.65. The topological polar surface area (TPSA) is 55.8 Å². The molecule has 3 rings (SSSR count). The maximum atomic E-state index is 12.4. The highest BCUT2D eigenvalue weighted by molar-refractivity contribution is 6.04. The van der Waals surface area contributed by atoms with E-state index in [2.05, 4.69) is 0 Å². The molecule has 0 aromatic heterocycles. The highest BCUT2D eigenvalue weighted by atomic mass is 16.5. The first-order chi connectivity index (χ1) is 11.5. The molecule has 0 radical (unpaired) electrons. The van der Waals surface area contributed by atoms with Gasteiger partial charge in [0, 0.05) is 13.1 Å². The molecule has 0 aliphatic carbocycles. The van der Waals surface area contributed by atoms with Crippen molar-refractivity contribution in [3.8, 4) is 0 Å². The number of fused-ring (bicyclic) bond motifs is 1. The first-order valence-corrected chi connectivity index (χ1v) is 8.12. The number of hydrogen-bond donors (Lipinski definition) is 0. The highest BCUT2D eigenvalue weighted by Crippen LogP contribution is 2.19. The standard InChI is InChI=1S/C19H21NO4/c1-13-10-20(11-14(2)24-13)18(21)12-23-19(22)17-9-5-7-15-6-3-4-8-16(15)17/h3-9,13-14H,10-12H2,1-2H3/t13-,14+. The third-order valence-electron chi connectivity index (χ3n) is 4.11. The van der Waals surface area contributed by atoms with Gasteiger partial charge in [-0.25, -0.2) is 4.79 Å². The number of amides is 1. The molecule has 5 heteroatoms. The number of carbonyl (C=O) groups excluding carboxylic acids is 2. The van der Waals surface area contributed by atoms with Gasteiger partial charge in [-0.05, 0) is 30.7 Å². The van der Waals surface area contributed by atoms with Gasteiger partial charge in [0.15, 0.2) is 6.61 Å². The number of benzene rings is 2. The van der Waals surface area contributed by atoms with E-state index in [1.165, 1.54) is 0 Å². The van der Waals surface area contributed by atoms with Crippen molar-refractivity contribution in [3.63, 3.8) is 0 Å². The van der Waals surface area contributed by atoms with Gasteiger partial charge in [0.1, 0.15) is 0 Å². The molecule has 0 saturated carbocycles. The molecule has 0 spiro atoms. The van der Waals surface area contributed by atoms with E-state index in [9.17, 15) is 9.59 Å². The lowest BCUT2D eigenvalue weighted by atomic mass is 10.1. The van der Waals surface area contributed by atoms with Gasteiger partial charge in [0.05, 0.1) is 17.8 Å². The van der Waals surface area contributed by atoms with Crippen molar-refractivity contribution in [1.29, 1.82) is 0 Å². The fourth-order valence-corrected chi connectivity index (χ4v) is 3.08. The molecule has 0 N–H and O–H groups in total. The summed E-state index contributed by atoms with van der Waals surface area (Å²) in [5, 5.41) is 1.79. The summed E-state index contributed by atoms with van der Waals surface area (Å²) >= 11 is 0. The lowest BCUT2D eigenvalue weighted by Crippen LogP contribution is -2.49. The van der Waals surface area contributed by atoms with Crippen LogP contribution in [0.4, 0.5) is 0 Å². The predicted octanol–water partition coefficient (Wildman–Crippen LogP) is 2.63. The molecule has 1 amide bonds. The summed E-state index contributed by atoms with van der Waals surface area (Å²) in [6.07, 6.45) is -0.0158. The molecular weight excluding hydrogens is 306 g/mol. The molecule has 1 saturated heterocycles. The van der Waals surface area contributed by atoms with E-state index in [-0.39, 0.29) is 24.7 Å². The Morgan fingerprint density at radius 2 is 1.75 bits per heavy atom. The van der Waals surface area contributed by atoms with E-state index < -0.39 is 5.97 Å². The summed E-state index contributed by atoms with van der Waals surface area (Å²) in [6.45, 7) is 4.65. The molecule has 1 aliphatic rings. The second-order valence-electron chi connectivity index (χ2n) is 6.16. The van der Waals surface area contributed by atoms with Crippen LogP contribution < -0.4 is 0 Å². The maximum Gasteiger partial charge on any atom is 0.339 e. The van der Waals surface area contributed by atoms with Crippen molar-refractivity contribution in [2.24, 2.45) is 0 Å². The van der Waals surface area contributed by atoms with E-state index in [4.69, 9.17) is 9.47 Å². The summed E-state index contributed by atoms with van der Waals surface area (Å²) in [4.78, 5) is 26.3. The van der Waals surface area contributed by atoms with Crippen LogP contribution in [0.25, 0.3) is 10.8 Å². The molecule has 24 heavy (non-hydrogen) atoms. The monoisotopic (exact) mass is 327 g/mol. The van der Waals surface area contributed by atoms with Gasteiger partial charge in [-0.1, -0.05) is 36.4 Å². The molecule has 2 aromatic rings. The Morgan fingerprint density at radius 3 is 2.50 bits per heavy atom. The normalized spacial score (nSPS) is 20.8. The summed E-state index contributed by atoms with van der Waals surface area (Å²) in [5.41, 5.74) is 0.476. The van der Waals surface area contributed by atoms with Crippen LogP contribution in [0.15, 0.2) is 42.5 Å². The van der Waals surface area contributed by atoms with E-state index in [0.29, 0.717) is 18.7 Å². The molecule has 126 valence electrons. The third kappa shape index (κ3) is 3.57. The fraction of sp³-hybridized carbons (Fsp3) is 0.368. The number of hydrogen-bond acceptors (Lipinski definition) is 4. The van der Waals surface area contributed by atoms with Gasteiger partial charge in [-0.3, -0.25) is 4.79 Å². The summed E-state index contributed by atoms with van der Waals surface area (Å²) < 4.78 is 10.9. The molecule has 5 nitrogen and oxygen atoms in total. The van der Waals surface area contributed by atoms with Gasteiger partial charge < -0.3 is 14.4 Å². The maximum absolute atomic E-state index is 12.4. The van der Waals surface area contributed by atoms with Crippen LogP contribution in [0.1, 0.15) is 24.2 Å². The predicted molar refractivity (Wildman–Crippen MR) is 90.8 cm³/mol. The second-order valence-corrected chi connectivity index (χ2v) is 6.16. The number of esters is 1. The Hall–Kier alpha value is -2.40. The van der Waals surface area contributed by atoms with Crippen LogP contribution in [-0.2, 0) is 14.3 Å². The summed E-state index contributed by atoms with van der Waals surface area (Å²) in [5.74, 6) is -0.667. The largest absolute Gasteiger partial charge is 0.452 e. The summed E-state index contributed by atoms with van der Waals surface area (Å²) in [7, 11) is 0. The average molecular weight is 327 g/mol. The zero-order chi connectivity index (χ0) is 17.1. The van der Waals surface area contributed by atoms with Gasteiger partial charge in [0.2, 0.25) is 0 Å². The van der Waals surface area contributed by atoms with E-state index in [1.54, 1.807) is 11.0 Å². The van der Waals surface area contributed by atoms with Crippen LogP contribution in [0.2, 0.25) is 0 Å². The SMILES string of the molecule is C[C@@H]1CN(C(=O)COC(=O)c2cccc3ccccc23)C[C@H](C)O1. The van der Waals surface area contributed by atoms with Crippen molar-refractivity contribution in [1.82, 2.24) is 4.90 Å². The second kappa shape index (κ2) is 7.01. The van der Waals surface area contributed by atoms with E-state index in [1.807, 2.05) is 50.2 Å². The smallest absolute Gasteiger partial charge is 0.339 e. The van der Waals surface area contributed by atoms with E-state index in [0.717, 1.165) is 10.8 Å². The average Bonchev–Trinajstić information content (AvgIpc) is 2.58. The van der Waals surface area contributed by atoms with Crippen LogP contribution in [0.3, 0.4) is 0 Å². The minimum atomic E-state index is -0.477. The van der Waals surface area contributed by atoms with Crippen molar-refractivity contribution >= 4 is 22.6 Å². The first-order valence-electron chi connectivity index (χ1n) is 8.12. The van der Waals surface area contributed by atoms with Crippen LogP contribution >= 0.6 is 0 Å². The molecule has 0 bridgehead atoms. The Bertz CT molecular complexity index is 743. The lowest BCUT2D eigenvalue weighted by Gasteiger charge is -2.35. The minimum Gasteiger partial charge on any atom is -0.452 e. The molecular formula is C19H21NO4. The molecule has 2 atom stereocenters. The van der Waals surface area contributed by atoms with Gasteiger partial charge in [0.25, 0.3) is 5.91 Å². The summed E-state index contributed by atoms with van der Waals surface area (Å²) in [6, 6.07) is 13.1. The fourth-order valence-electron chi connectivity index (χ4n) is 3.08. The third-order valence-corrected chi connectivity index (χ3v) is 4.11. The van der Waals surface area contributed by atoms with Gasteiger partial charge in [-0.2, -0.15) is 0 Å². The lowest BCUT2D eigenvalue weighted by molar-refractivity contribution is -0.146. The quantitative estimate of drug-likeness (QED) is 0.813. The number of rotatable bonds is 3.